The van der Waals surface area contributed by atoms with Crippen molar-refractivity contribution in [2.45, 2.75) is 19.9 Å². The van der Waals surface area contributed by atoms with E-state index in [9.17, 15) is 4.79 Å². The third kappa shape index (κ3) is 2.83. The van der Waals surface area contributed by atoms with Crippen molar-refractivity contribution in [2.75, 3.05) is 32.8 Å². The maximum atomic E-state index is 12.2. The molecule has 0 unspecified atom stereocenters. The zero-order chi connectivity index (χ0) is 13.3. The standard InChI is InChI=1S/C14H20N2O2S/c1-14(9-18-10-14)8-15-6-13(17)16-4-2-12-11(7-16)3-5-19-12/h3,5,15H,2,4,6-10H2,1H3. The van der Waals surface area contributed by atoms with Gasteiger partial charge >= 0.3 is 0 Å². The molecule has 1 aromatic heterocycles. The number of hydrogen-bond acceptors (Lipinski definition) is 4. The highest BCUT2D eigenvalue weighted by Crippen LogP contribution is 2.25. The highest BCUT2D eigenvalue weighted by atomic mass is 32.1. The molecule has 2 aliphatic heterocycles. The summed E-state index contributed by atoms with van der Waals surface area (Å²) in [7, 11) is 0. The third-order valence-electron chi connectivity index (χ3n) is 3.89. The van der Waals surface area contributed by atoms with Crippen molar-refractivity contribution in [3.63, 3.8) is 0 Å². The number of nitrogens with zero attached hydrogens (tertiary/aromatic N) is 1. The Labute approximate surface area is 117 Å². The van der Waals surface area contributed by atoms with Gasteiger partial charge in [0.15, 0.2) is 0 Å². The number of ether oxygens (including phenoxy) is 1. The predicted molar refractivity (Wildman–Crippen MR) is 75.2 cm³/mol. The van der Waals surface area contributed by atoms with Crippen LogP contribution in [0, 0.1) is 5.41 Å². The topological polar surface area (TPSA) is 41.6 Å². The van der Waals surface area contributed by atoms with Gasteiger partial charge in [-0.05, 0) is 23.4 Å². The molecule has 0 spiro atoms. The SMILES string of the molecule is CC1(CNCC(=O)N2CCc3sccc3C2)COC1. The van der Waals surface area contributed by atoms with Crippen LogP contribution in [0.15, 0.2) is 11.4 Å². The molecular formula is C14H20N2O2S. The summed E-state index contributed by atoms with van der Waals surface area (Å²) >= 11 is 1.80. The predicted octanol–water partition coefficient (Wildman–Crippen LogP) is 1.26. The van der Waals surface area contributed by atoms with E-state index in [1.807, 2.05) is 4.90 Å². The first-order valence-electron chi connectivity index (χ1n) is 6.78. The monoisotopic (exact) mass is 280 g/mol. The molecule has 3 heterocycles. The van der Waals surface area contributed by atoms with Gasteiger partial charge in [-0.2, -0.15) is 0 Å². The number of carbonyl (C=O) groups is 1. The lowest BCUT2D eigenvalue weighted by molar-refractivity contribution is -0.132. The number of fused-ring (bicyclic) bond motifs is 1. The Kier molecular flexibility index (Phi) is 3.60. The van der Waals surface area contributed by atoms with Crippen molar-refractivity contribution in [3.8, 4) is 0 Å². The zero-order valence-electron chi connectivity index (χ0n) is 11.3. The minimum Gasteiger partial charge on any atom is -0.380 e. The highest BCUT2D eigenvalue weighted by molar-refractivity contribution is 7.10. The molecule has 1 N–H and O–H groups in total. The van der Waals surface area contributed by atoms with Gasteiger partial charge in [0.1, 0.15) is 0 Å². The summed E-state index contributed by atoms with van der Waals surface area (Å²) in [6.07, 6.45) is 1.00. The molecule has 104 valence electrons. The van der Waals surface area contributed by atoms with Crippen LogP contribution in [0.4, 0.5) is 0 Å². The average molecular weight is 280 g/mol. The van der Waals surface area contributed by atoms with Crippen molar-refractivity contribution < 1.29 is 9.53 Å². The van der Waals surface area contributed by atoms with Crippen LogP contribution in [-0.4, -0.2) is 43.7 Å². The van der Waals surface area contributed by atoms with Gasteiger partial charge in [0.25, 0.3) is 0 Å². The largest absolute Gasteiger partial charge is 0.380 e. The van der Waals surface area contributed by atoms with Crippen LogP contribution in [-0.2, 0) is 22.5 Å². The molecule has 1 amide bonds. The van der Waals surface area contributed by atoms with Crippen molar-refractivity contribution in [1.29, 1.82) is 0 Å². The minimum absolute atomic E-state index is 0.209. The number of nitrogens with one attached hydrogen (secondary N) is 1. The Morgan fingerprint density at radius 1 is 1.58 bits per heavy atom. The van der Waals surface area contributed by atoms with Crippen LogP contribution in [0.3, 0.4) is 0 Å². The van der Waals surface area contributed by atoms with Crippen molar-refractivity contribution in [1.82, 2.24) is 10.2 Å². The molecule has 19 heavy (non-hydrogen) atoms. The summed E-state index contributed by atoms with van der Waals surface area (Å²) in [5.74, 6) is 0.209. The maximum Gasteiger partial charge on any atom is 0.236 e. The summed E-state index contributed by atoms with van der Waals surface area (Å²) in [4.78, 5) is 15.6. The number of amides is 1. The Hall–Kier alpha value is -0.910. The molecule has 2 aliphatic rings. The van der Waals surface area contributed by atoms with Crippen LogP contribution in [0.5, 0.6) is 0 Å². The van der Waals surface area contributed by atoms with E-state index in [0.29, 0.717) is 6.54 Å². The average Bonchev–Trinajstić information content (AvgIpc) is 2.83. The summed E-state index contributed by atoms with van der Waals surface area (Å²) in [6, 6.07) is 2.14. The fourth-order valence-corrected chi connectivity index (χ4v) is 3.49. The fraction of sp³-hybridized carbons (Fsp3) is 0.643. The molecule has 3 rings (SSSR count). The van der Waals surface area contributed by atoms with Gasteiger partial charge in [-0.15, -0.1) is 11.3 Å². The second-order valence-corrected chi connectivity index (χ2v) is 6.84. The van der Waals surface area contributed by atoms with Crippen LogP contribution in [0.25, 0.3) is 0 Å². The maximum absolute atomic E-state index is 12.2. The third-order valence-corrected chi connectivity index (χ3v) is 4.91. The molecule has 0 aromatic carbocycles. The summed E-state index contributed by atoms with van der Waals surface area (Å²) in [5.41, 5.74) is 1.55. The number of hydrogen-bond donors (Lipinski definition) is 1. The zero-order valence-corrected chi connectivity index (χ0v) is 12.1. The van der Waals surface area contributed by atoms with Gasteiger partial charge in [0.2, 0.25) is 5.91 Å². The molecule has 0 bridgehead atoms. The summed E-state index contributed by atoms with van der Waals surface area (Å²) in [5, 5.41) is 5.39. The van der Waals surface area contributed by atoms with E-state index in [2.05, 4.69) is 23.7 Å². The Bertz CT molecular complexity index is 468. The molecule has 0 saturated carbocycles. The van der Waals surface area contributed by atoms with Gasteiger partial charge in [-0.1, -0.05) is 6.92 Å². The van der Waals surface area contributed by atoms with Crippen LogP contribution in [0.1, 0.15) is 17.4 Å². The molecule has 0 aliphatic carbocycles. The van der Waals surface area contributed by atoms with Crippen LogP contribution >= 0.6 is 11.3 Å². The lowest BCUT2D eigenvalue weighted by Gasteiger charge is -2.38. The van der Waals surface area contributed by atoms with E-state index in [1.165, 1.54) is 10.4 Å². The molecule has 0 atom stereocenters. The van der Waals surface area contributed by atoms with Crippen molar-refractivity contribution >= 4 is 17.2 Å². The quantitative estimate of drug-likeness (QED) is 0.903. The van der Waals surface area contributed by atoms with Gasteiger partial charge in [0.05, 0.1) is 19.8 Å². The fourth-order valence-electron chi connectivity index (χ4n) is 2.60. The van der Waals surface area contributed by atoms with Gasteiger partial charge < -0.3 is 15.0 Å². The smallest absolute Gasteiger partial charge is 0.236 e. The van der Waals surface area contributed by atoms with Crippen molar-refractivity contribution in [2.24, 2.45) is 5.41 Å². The first kappa shape index (κ1) is 13.1. The number of rotatable bonds is 4. The van der Waals surface area contributed by atoms with Gasteiger partial charge in [-0.25, -0.2) is 0 Å². The Morgan fingerprint density at radius 2 is 2.42 bits per heavy atom. The molecule has 5 heteroatoms. The normalized spacial score (nSPS) is 20.8. The molecule has 1 aromatic rings. The Balaban J connectivity index is 1.46. The summed E-state index contributed by atoms with van der Waals surface area (Å²) < 4.78 is 5.21. The van der Waals surface area contributed by atoms with E-state index in [0.717, 1.165) is 39.3 Å². The molecule has 1 saturated heterocycles. The molecule has 1 fully saturated rings. The first-order valence-corrected chi connectivity index (χ1v) is 7.66. The van der Waals surface area contributed by atoms with E-state index >= 15 is 0 Å². The molecule has 0 radical (unpaired) electrons. The Morgan fingerprint density at radius 3 is 3.16 bits per heavy atom. The number of carbonyl (C=O) groups excluding carboxylic acids is 1. The van der Waals surface area contributed by atoms with Crippen molar-refractivity contribution in [3.05, 3.63) is 21.9 Å². The minimum atomic E-state index is 0.209. The molecular weight excluding hydrogens is 260 g/mol. The van der Waals surface area contributed by atoms with E-state index in [-0.39, 0.29) is 11.3 Å². The second-order valence-electron chi connectivity index (χ2n) is 5.84. The number of thiophene rings is 1. The first-order chi connectivity index (χ1) is 9.16. The van der Waals surface area contributed by atoms with E-state index in [4.69, 9.17) is 4.74 Å². The highest BCUT2D eigenvalue weighted by Gasteiger charge is 2.33. The van der Waals surface area contributed by atoms with E-state index in [1.54, 1.807) is 11.3 Å². The molecule has 4 nitrogen and oxygen atoms in total. The van der Waals surface area contributed by atoms with Crippen LogP contribution < -0.4 is 5.32 Å². The lowest BCUT2D eigenvalue weighted by Crippen LogP contribution is -2.49. The lowest BCUT2D eigenvalue weighted by atomic mass is 9.89. The summed E-state index contributed by atoms with van der Waals surface area (Å²) in [6.45, 7) is 6.72. The second kappa shape index (κ2) is 5.23. The van der Waals surface area contributed by atoms with Gasteiger partial charge in [-0.3, -0.25) is 4.79 Å². The van der Waals surface area contributed by atoms with Gasteiger partial charge in [0, 0.05) is 29.9 Å². The van der Waals surface area contributed by atoms with Crippen LogP contribution in [0.2, 0.25) is 0 Å². The van der Waals surface area contributed by atoms with E-state index < -0.39 is 0 Å².